The Bertz CT molecular complexity index is 1010. The fourth-order valence-electron chi connectivity index (χ4n) is 3.04. The van der Waals surface area contributed by atoms with Gasteiger partial charge in [-0.05, 0) is 48.6 Å². The number of benzene rings is 1. The topological polar surface area (TPSA) is 62.3 Å². The van der Waals surface area contributed by atoms with Crippen LogP contribution < -0.4 is 5.32 Å². The van der Waals surface area contributed by atoms with Crippen LogP contribution in [0.1, 0.15) is 42.4 Å². The summed E-state index contributed by atoms with van der Waals surface area (Å²) < 4.78 is 0. The zero-order valence-electron chi connectivity index (χ0n) is 15.1. The minimum atomic E-state index is -0.148. The molecule has 0 atom stereocenters. The number of aromatic nitrogens is 1. The maximum Gasteiger partial charge on any atom is 0.258 e. The molecule has 1 aromatic carbocycles. The van der Waals surface area contributed by atoms with Gasteiger partial charge < -0.3 is 4.90 Å². The van der Waals surface area contributed by atoms with Gasteiger partial charge in [-0.25, -0.2) is 4.98 Å². The van der Waals surface area contributed by atoms with E-state index in [1.807, 2.05) is 47.7 Å². The normalized spacial score (nSPS) is 13.3. The highest BCUT2D eigenvalue weighted by atomic mass is 32.1. The fraction of sp³-hybridized carbons (Fsp3) is 0.250. The van der Waals surface area contributed by atoms with Crippen LogP contribution in [0.15, 0.2) is 35.0 Å². The van der Waals surface area contributed by atoms with Crippen LogP contribution in [0, 0.1) is 13.8 Å². The molecule has 3 aromatic rings. The lowest BCUT2D eigenvalue weighted by atomic mass is 10.0. The van der Waals surface area contributed by atoms with Crippen molar-refractivity contribution in [2.24, 2.45) is 0 Å². The number of aryl methyl sites for hydroxylation is 2. The molecule has 0 spiro atoms. The quantitative estimate of drug-likeness (QED) is 0.718. The van der Waals surface area contributed by atoms with Crippen LogP contribution in [-0.4, -0.2) is 28.2 Å². The third-order valence-corrected chi connectivity index (χ3v) is 6.46. The Hall–Kier alpha value is -2.51. The van der Waals surface area contributed by atoms with Gasteiger partial charge in [-0.15, -0.1) is 0 Å². The zero-order chi connectivity index (χ0) is 19.0. The number of hydrogen-bond donors (Lipinski definition) is 1. The lowest BCUT2D eigenvalue weighted by Crippen LogP contribution is -2.35. The first-order valence-electron chi connectivity index (χ1n) is 8.70. The van der Waals surface area contributed by atoms with Gasteiger partial charge in [-0.2, -0.15) is 11.3 Å². The predicted molar refractivity (Wildman–Crippen MR) is 109 cm³/mol. The summed E-state index contributed by atoms with van der Waals surface area (Å²) in [6, 6.07) is 7.62. The Kier molecular flexibility index (Phi) is 4.80. The summed E-state index contributed by atoms with van der Waals surface area (Å²) in [4.78, 5) is 32.5. The molecule has 7 heteroatoms. The molecule has 0 radical (unpaired) electrons. The molecule has 1 aliphatic heterocycles. The standard InChI is InChI=1S/C20H19N3O2S2/c1-12-3-4-14(9-13(12)2)19(25)23-7-5-16-17(10-23)27-20(21-16)22-18(24)15-6-8-26-11-15/h3-4,6,8-9,11H,5,7,10H2,1-2H3,(H,21,22,24). The molecule has 5 nitrogen and oxygen atoms in total. The van der Waals surface area contributed by atoms with E-state index in [1.54, 1.807) is 6.07 Å². The maximum atomic E-state index is 12.9. The Morgan fingerprint density at radius 1 is 1.15 bits per heavy atom. The van der Waals surface area contributed by atoms with Crippen molar-refractivity contribution in [3.05, 3.63) is 67.9 Å². The van der Waals surface area contributed by atoms with E-state index in [2.05, 4.69) is 10.3 Å². The van der Waals surface area contributed by atoms with E-state index in [4.69, 9.17) is 0 Å². The number of thiazole rings is 1. The minimum Gasteiger partial charge on any atom is -0.333 e. The van der Waals surface area contributed by atoms with Gasteiger partial charge in [-0.3, -0.25) is 14.9 Å². The van der Waals surface area contributed by atoms with Crippen LogP contribution in [0.3, 0.4) is 0 Å². The van der Waals surface area contributed by atoms with Gasteiger partial charge in [0.1, 0.15) is 0 Å². The summed E-state index contributed by atoms with van der Waals surface area (Å²) in [5.74, 6) is -0.105. The van der Waals surface area contributed by atoms with E-state index in [0.717, 1.165) is 21.7 Å². The van der Waals surface area contributed by atoms with Gasteiger partial charge in [-0.1, -0.05) is 17.4 Å². The largest absolute Gasteiger partial charge is 0.333 e. The molecule has 0 bridgehead atoms. The first-order chi connectivity index (χ1) is 13.0. The highest BCUT2D eigenvalue weighted by Gasteiger charge is 2.25. The third-order valence-electron chi connectivity index (χ3n) is 4.78. The second kappa shape index (κ2) is 7.25. The highest BCUT2D eigenvalue weighted by Crippen LogP contribution is 2.29. The molecular weight excluding hydrogens is 378 g/mol. The van der Waals surface area contributed by atoms with Gasteiger partial charge in [0.2, 0.25) is 0 Å². The first kappa shape index (κ1) is 17.9. The summed E-state index contributed by atoms with van der Waals surface area (Å²) in [5.41, 5.74) is 4.64. The van der Waals surface area contributed by atoms with Crippen LogP contribution in [-0.2, 0) is 13.0 Å². The molecule has 0 saturated carbocycles. The number of carbonyl (C=O) groups is 2. The summed E-state index contributed by atoms with van der Waals surface area (Å²) in [6.07, 6.45) is 0.705. The van der Waals surface area contributed by atoms with Crippen molar-refractivity contribution in [3.8, 4) is 0 Å². The number of thiophene rings is 1. The van der Waals surface area contributed by atoms with Gasteiger partial charge in [0.15, 0.2) is 5.13 Å². The summed E-state index contributed by atoms with van der Waals surface area (Å²) in [7, 11) is 0. The molecule has 0 aliphatic carbocycles. The van der Waals surface area contributed by atoms with Crippen LogP contribution >= 0.6 is 22.7 Å². The Labute approximate surface area is 165 Å². The third kappa shape index (κ3) is 3.65. The van der Waals surface area contributed by atoms with E-state index >= 15 is 0 Å². The molecule has 0 fully saturated rings. The fourth-order valence-corrected chi connectivity index (χ4v) is 4.70. The van der Waals surface area contributed by atoms with Gasteiger partial charge in [0.05, 0.1) is 17.8 Å². The van der Waals surface area contributed by atoms with E-state index in [9.17, 15) is 9.59 Å². The molecule has 138 valence electrons. The molecule has 27 heavy (non-hydrogen) atoms. The molecule has 0 saturated heterocycles. The average molecular weight is 398 g/mol. The molecule has 3 heterocycles. The monoisotopic (exact) mass is 397 g/mol. The molecule has 2 aromatic heterocycles. The zero-order valence-corrected chi connectivity index (χ0v) is 16.7. The Balaban J connectivity index is 1.48. The van der Waals surface area contributed by atoms with Crippen LogP contribution in [0.25, 0.3) is 0 Å². The number of anilines is 1. The highest BCUT2D eigenvalue weighted by molar-refractivity contribution is 7.16. The predicted octanol–water partition coefficient (Wildman–Crippen LogP) is 4.27. The number of hydrogen-bond acceptors (Lipinski definition) is 5. The van der Waals surface area contributed by atoms with Crippen molar-refractivity contribution in [2.75, 3.05) is 11.9 Å². The molecular formula is C20H19N3O2S2. The van der Waals surface area contributed by atoms with E-state index in [1.165, 1.54) is 28.2 Å². The van der Waals surface area contributed by atoms with Crippen LogP contribution in [0.4, 0.5) is 5.13 Å². The lowest BCUT2D eigenvalue weighted by Gasteiger charge is -2.26. The first-order valence-corrected chi connectivity index (χ1v) is 10.5. The summed E-state index contributed by atoms with van der Waals surface area (Å²) in [5, 5.41) is 7.14. The lowest BCUT2D eigenvalue weighted by molar-refractivity contribution is 0.0736. The molecule has 0 unspecified atom stereocenters. The Morgan fingerprint density at radius 2 is 2.00 bits per heavy atom. The average Bonchev–Trinajstić information content (AvgIpc) is 3.32. The second-order valence-corrected chi connectivity index (χ2v) is 8.49. The number of rotatable bonds is 3. The second-order valence-electron chi connectivity index (χ2n) is 6.63. The molecule has 1 N–H and O–H groups in total. The van der Waals surface area contributed by atoms with Crippen molar-refractivity contribution in [3.63, 3.8) is 0 Å². The van der Waals surface area contributed by atoms with E-state index in [-0.39, 0.29) is 11.8 Å². The van der Waals surface area contributed by atoms with Crippen molar-refractivity contribution in [2.45, 2.75) is 26.8 Å². The van der Waals surface area contributed by atoms with Crippen molar-refractivity contribution >= 4 is 39.6 Å². The molecule has 2 amide bonds. The van der Waals surface area contributed by atoms with Crippen LogP contribution in [0.5, 0.6) is 0 Å². The van der Waals surface area contributed by atoms with Gasteiger partial charge >= 0.3 is 0 Å². The molecule has 4 rings (SSSR count). The smallest absolute Gasteiger partial charge is 0.258 e. The van der Waals surface area contributed by atoms with E-state index in [0.29, 0.717) is 30.2 Å². The SMILES string of the molecule is Cc1ccc(C(=O)N2CCc3nc(NC(=O)c4ccsc4)sc3C2)cc1C. The van der Waals surface area contributed by atoms with Crippen molar-refractivity contribution in [1.82, 2.24) is 9.88 Å². The number of carbonyl (C=O) groups excluding carboxylic acids is 2. The number of fused-ring (bicyclic) bond motifs is 1. The maximum absolute atomic E-state index is 12.9. The minimum absolute atomic E-state index is 0.0426. The van der Waals surface area contributed by atoms with Gasteiger partial charge in [0, 0.05) is 28.8 Å². The van der Waals surface area contributed by atoms with E-state index < -0.39 is 0 Å². The number of nitrogens with zero attached hydrogens (tertiary/aromatic N) is 2. The summed E-state index contributed by atoms with van der Waals surface area (Å²) >= 11 is 2.94. The van der Waals surface area contributed by atoms with Crippen LogP contribution in [0.2, 0.25) is 0 Å². The Morgan fingerprint density at radius 3 is 2.74 bits per heavy atom. The van der Waals surface area contributed by atoms with Crippen molar-refractivity contribution in [1.29, 1.82) is 0 Å². The summed E-state index contributed by atoms with van der Waals surface area (Å²) in [6.45, 7) is 5.24. The van der Waals surface area contributed by atoms with Gasteiger partial charge in [0.25, 0.3) is 11.8 Å². The number of nitrogens with one attached hydrogen (secondary N) is 1. The van der Waals surface area contributed by atoms with Crippen molar-refractivity contribution < 1.29 is 9.59 Å². The number of amides is 2. The molecule has 1 aliphatic rings.